The first-order valence-corrected chi connectivity index (χ1v) is 10.3. The zero-order valence-corrected chi connectivity index (χ0v) is 17.5. The maximum Gasteiger partial charge on any atom is 0.147 e. The Morgan fingerprint density at radius 1 is 1.04 bits per heavy atom. The van der Waals surface area contributed by atoms with Crippen LogP contribution in [-0.4, -0.2) is 44.5 Å². The molecule has 1 aliphatic heterocycles. The van der Waals surface area contributed by atoms with Crippen LogP contribution in [0.15, 0.2) is 48.5 Å². The number of benzene rings is 2. The number of piperidine rings is 1. The minimum absolute atomic E-state index is 0.255. The molecule has 2 unspecified atom stereocenters. The normalized spacial score (nSPS) is 20.2. The van der Waals surface area contributed by atoms with E-state index in [-0.39, 0.29) is 12.0 Å². The molecule has 150 valence electrons. The Kier molecular flexibility index (Phi) is 6.74. The van der Waals surface area contributed by atoms with Crippen molar-refractivity contribution in [3.8, 4) is 5.75 Å². The van der Waals surface area contributed by atoms with E-state index >= 15 is 0 Å². The number of hydrogen-bond acceptors (Lipinski definition) is 4. The molecule has 2 aromatic carbocycles. The number of ether oxygens (including phenoxy) is 1. The molecule has 4 nitrogen and oxygen atoms in total. The van der Waals surface area contributed by atoms with Gasteiger partial charge in [0.1, 0.15) is 11.5 Å². The van der Waals surface area contributed by atoms with Crippen LogP contribution in [0.4, 0.5) is 5.69 Å². The second-order valence-electron chi connectivity index (χ2n) is 7.68. The zero-order chi connectivity index (χ0) is 20.1. The first-order chi connectivity index (χ1) is 13.5. The zero-order valence-electron chi connectivity index (χ0n) is 17.5. The van der Waals surface area contributed by atoms with Crippen molar-refractivity contribution in [2.75, 3.05) is 38.7 Å². The van der Waals surface area contributed by atoms with Gasteiger partial charge in [0, 0.05) is 31.2 Å². The number of anilines is 1. The lowest BCUT2D eigenvalue weighted by Crippen LogP contribution is -2.42. The third kappa shape index (κ3) is 4.56. The van der Waals surface area contributed by atoms with E-state index in [2.05, 4.69) is 67.1 Å². The van der Waals surface area contributed by atoms with Gasteiger partial charge in [0.2, 0.25) is 0 Å². The van der Waals surface area contributed by atoms with Crippen LogP contribution in [-0.2, 0) is 11.2 Å². The summed E-state index contributed by atoms with van der Waals surface area (Å²) >= 11 is 0. The Morgan fingerprint density at radius 3 is 2.25 bits per heavy atom. The highest BCUT2D eigenvalue weighted by Crippen LogP contribution is 2.37. The number of nitrogens with zero attached hydrogens (tertiary/aromatic N) is 2. The topological polar surface area (TPSA) is 32.8 Å². The number of ketones is 1. The molecule has 4 heteroatoms. The predicted molar refractivity (Wildman–Crippen MR) is 115 cm³/mol. The summed E-state index contributed by atoms with van der Waals surface area (Å²) in [5.74, 6) is 1.47. The molecule has 1 fully saturated rings. The molecule has 1 saturated heterocycles. The number of carbonyl (C=O) groups is 1. The minimum Gasteiger partial charge on any atom is -0.497 e. The van der Waals surface area contributed by atoms with Gasteiger partial charge in [-0.3, -0.25) is 9.69 Å². The molecule has 1 heterocycles. The molecule has 1 aliphatic rings. The molecule has 0 spiro atoms. The summed E-state index contributed by atoms with van der Waals surface area (Å²) in [6.07, 6.45) is 1.53. The van der Waals surface area contributed by atoms with Gasteiger partial charge in [-0.1, -0.05) is 24.3 Å². The van der Waals surface area contributed by atoms with Crippen LogP contribution >= 0.6 is 0 Å². The third-order valence-corrected chi connectivity index (χ3v) is 5.86. The van der Waals surface area contributed by atoms with Crippen molar-refractivity contribution >= 4 is 11.5 Å². The van der Waals surface area contributed by atoms with Crippen molar-refractivity contribution in [3.63, 3.8) is 0 Å². The maximum absolute atomic E-state index is 12.3. The van der Waals surface area contributed by atoms with Gasteiger partial charge in [0.05, 0.1) is 13.7 Å². The standard InChI is InChI=1S/C24H32N2O2/c1-5-26(6-2)21-11-9-19(10-12-21)24-20(16-22(27)17-25(24)3)15-18-7-13-23(28-4)14-8-18/h7-14,20,24H,5-6,15-17H2,1-4H3. The minimum atomic E-state index is 0.255. The number of carbonyl (C=O) groups excluding carboxylic acids is 1. The van der Waals surface area contributed by atoms with Crippen molar-refractivity contribution < 1.29 is 9.53 Å². The number of Topliss-reactive ketones (excluding diaryl/α,β-unsaturated/α-hetero) is 1. The number of likely N-dealkylation sites (N-methyl/N-ethyl adjacent to an activating group) is 1. The Morgan fingerprint density at radius 2 is 1.68 bits per heavy atom. The number of rotatable bonds is 7. The van der Waals surface area contributed by atoms with Gasteiger partial charge in [0.15, 0.2) is 0 Å². The van der Waals surface area contributed by atoms with Crippen molar-refractivity contribution in [2.24, 2.45) is 5.92 Å². The lowest BCUT2D eigenvalue weighted by Gasteiger charge is -2.39. The van der Waals surface area contributed by atoms with Crippen LogP contribution < -0.4 is 9.64 Å². The average molecular weight is 381 g/mol. The van der Waals surface area contributed by atoms with Crippen LogP contribution in [0.3, 0.4) is 0 Å². The summed E-state index contributed by atoms with van der Waals surface area (Å²) in [5.41, 5.74) is 3.80. The van der Waals surface area contributed by atoms with Crippen molar-refractivity contribution in [3.05, 3.63) is 59.7 Å². The van der Waals surface area contributed by atoms with Gasteiger partial charge < -0.3 is 9.64 Å². The predicted octanol–water partition coefficient (Wildman–Crippen LogP) is 4.35. The van der Waals surface area contributed by atoms with Crippen LogP contribution in [0.5, 0.6) is 5.75 Å². The molecule has 0 saturated carbocycles. The summed E-state index contributed by atoms with van der Waals surface area (Å²) in [6, 6.07) is 17.4. The maximum atomic E-state index is 12.3. The Labute approximate surface area is 169 Å². The van der Waals surface area contributed by atoms with E-state index in [0.717, 1.165) is 25.3 Å². The summed E-state index contributed by atoms with van der Waals surface area (Å²) in [5, 5.41) is 0. The largest absolute Gasteiger partial charge is 0.497 e. The van der Waals surface area contributed by atoms with Crippen LogP contribution in [0.2, 0.25) is 0 Å². The van der Waals surface area contributed by atoms with Crippen LogP contribution in [0.1, 0.15) is 37.4 Å². The van der Waals surface area contributed by atoms with E-state index < -0.39 is 0 Å². The first-order valence-electron chi connectivity index (χ1n) is 10.3. The molecule has 2 atom stereocenters. The smallest absolute Gasteiger partial charge is 0.147 e. The molecule has 28 heavy (non-hydrogen) atoms. The highest BCUT2D eigenvalue weighted by atomic mass is 16.5. The Bertz CT molecular complexity index is 766. The van der Waals surface area contributed by atoms with E-state index in [4.69, 9.17) is 4.74 Å². The van der Waals surface area contributed by atoms with E-state index in [1.165, 1.54) is 16.8 Å². The molecule has 3 rings (SSSR count). The fourth-order valence-electron chi connectivity index (χ4n) is 4.45. The monoisotopic (exact) mass is 380 g/mol. The van der Waals surface area contributed by atoms with Gasteiger partial charge >= 0.3 is 0 Å². The van der Waals surface area contributed by atoms with Crippen molar-refractivity contribution in [2.45, 2.75) is 32.7 Å². The summed E-state index contributed by atoms with van der Waals surface area (Å²) in [7, 11) is 3.75. The molecular weight excluding hydrogens is 348 g/mol. The Hall–Kier alpha value is -2.33. The van der Waals surface area contributed by atoms with Gasteiger partial charge in [-0.05, 0) is 68.6 Å². The first kappa shape index (κ1) is 20.4. The van der Waals surface area contributed by atoms with Crippen molar-refractivity contribution in [1.82, 2.24) is 4.90 Å². The highest BCUT2D eigenvalue weighted by Gasteiger charge is 2.34. The van der Waals surface area contributed by atoms with E-state index in [9.17, 15) is 4.79 Å². The van der Waals surface area contributed by atoms with Gasteiger partial charge in [-0.25, -0.2) is 0 Å². The molecule has 0 amide bonds. The SMILES string of the molecule is CCN(CC)c1ccc(C2C(Cc3ccc(OC)cc3)CC(=O)CN2C)cc1. The molecule has 0 aliphatic carbocycles. The van der Waals surface area contributed by atoms with Crippen LogP contribution in [0, 0.1) is 5.92 Å². The summed E-state index contributed by atoms with van der Waals surface area (Å²) in [6.45, 7) is 6.91. The van der Waals surface area contributed by atoms with E-state index in [0.29, 0.717) is 18.7 Å². The fourth-order valence-corrected chi connectivity index (χ4v) is 4.45. The molecule has 0 bridgehead atoms. The molecule has 2 aromatic rings. The fraction of sp³-hybridized carbons (Fsp3) is 0.458. The van der Waals surface area contributed by atoms with Gasteiger partial charge in [0.25, 0.3) is 0 Å². The summed E-state index contributed by atoms with van der Waals surface area (Å²) < 4.78 is 5.27. The number of likely N-dealkylation sites (tertiary alicyclic amines) is 1. The lowest BCUT2D eigenvalue weighted by atomic mass is 9.80. The summed E-state index contributed by atoms with van der Waals surface area (Å²) in [4.78, 5) is 16.9. The lowest BCUT2D eigenvalue weighted by molar-refractivity contribution is -0.125. The van der Waals surface area contributed by atoms with Gasteiger partial charge in [-0.15, -0.1) is 0 Å². The molecule has 0 aromatic heterocycles. The molecule has 0 radical (unpaired) electrons. The second kappa shape index (κ2) is 9.24. The van der Waals surface area contributed by atoms with E-state index in [1.807, 2.05) is 12.1 Å². The second-order valence-corrected chi connectivity index (χ2v) is 7.68. The van der Waals surface area contributed by atoms with Gasteiger partial charge in [-0.2, -0.15) is 0 Å². The number of hydrogen-bond donors (Lipinski definition) is 0. The van der Waals surface area contributed by atoms with E-state index in [1.54, 1.807) is 7.11 Å². The van der Waals surface area contributed by atoms with Crippen LogP contribution in [0.25, 0.3) is 0 Å². The van der Waals surface area contributed by atoms with Crippen molar-refractivity contribution in [1.29, 1.82) is 0 Å². The highest BCUT2D eigenvalue weighted by molar-refractivity contribution is 5.81. The Balaban J connectivity index is 1.83. The quantitative estimate of drug-likeness (QED) is 0.715. The number of methoxy groups -OCH3 is 1. The average Bonchev–Trinajstić information content (AvgIpc) is 2.70. The molecular formula is C24H32N2O2. The third-order valence-electron chi connectivity index (χ3n) is 5.86. The molecule has 0 N–H and O–H groups in total.